The molecule has 1 atom stereocenters. The van der Waals surface area contributed by atoms with Crippen molar-refractivity contribution in [3.63, 3.8) is 0 Å². The largest absolute Gasteiger partial charge is 0.435 e. The van der Waals surface area contributed by atoms with Crippen LogP contribution in [0.1, 0.15) is 11.8 Å². The number of carbonyl (C=O) groups is 1. The van der Waals surface area contributed by atoms with Crippen molar-refractivity contribution >= 4 is 34.8 Å². The van der Waals surface area contributed by atoms with Crippen molar-refractivity contribution in [3.05, 3.63) is 29.1 Å². The topological polar surface area (TPSA) is 77.2 Å². The molecule has 1 aromatic heterocycles. The van der Waals surface area contributed by atoms with Gasteiger partial charge in [0.05, 0.1) is 5.69 Å². The monoisotopic (exact) mass is 377 g/mol. The van der Waals surface area contributed by atoms with Crippen LogP contribution < -0.4 is 15.8 Å². The summed E-state index contributed by atoms with van der Waals surface area (Å²) in [6, 6.07) is 6.20. The lowest BCUT2D eigenvalue weighted by Gasteiger charge is -2.06. The first kappa shape index (κ1) is 20.3. The van der Waals surface area contributed by atoms with Crippen LogP contribution in [0, 0.1) is 12.8 Å². The molecule has 1 unspecified atom stereocenters. The number of aromatic nitrogens is 1. The van der Waals surface area contributed by atoms with Gasteiger partial charge in [0.15, 0.2) is 5.13 Å². The highest BCUT2D eigenvalue weighted by Gasteiger charge is 2.15. The highest BCUT2D eigenvalue weighted by Crippen LogP contribution is 2.31. The van der Waals surface area contributed by atoms with E-state index in [0.717, 1.165) is 10.4 Å². The predicted molar refractivity (Wildman–Crippen MR) is 93.0 cm³/mol. The van der Waals surface area contributed by atoms with Gasteiger partial charge in [0.1, 0.15) is 5.75 Å². The van der Waals surface area contributed by atoms with E-state index >= 15 is 0 Å². The minimum atomic E-state index is -2.85. The lowest BCUT2D eigenvalue weighted by Crippen LogP contribution is -2.26. The minimum absolute atomic E-state index is 0. The fraction of sp³-hybridized carbons (Fsp3) is 0.333. The molecule has 0 aliphatic rings. The zero-order chi connectivity index (χ0) is 17.0. The Bertz CT molecular complexity index is 680. The Morgan fingerprint density at radius 1 is 1.38 bits per heavy atom. The molecule has 0 radical (unpaired) electrons. The molecule has 9 heteroatoms. The second kappa shape index (κ2) is 8.91. The number of aryl methyl sites for hydroxylation is 1. The molecule has 3 N–H and O–H groups in total. The lowest BCUT2D eigenvalue weighted by atomic mass is 10.1. The second-order valence-electron chi connectivity index (χ2n) is 4.95. The highest BCUT2D eigenvalue weighted by molar-refractivity contribution is 7.16. The van der Waals surface area contributed by atoms with E-state index in [1.54, 1.807) is 19.1 Å². The number of halogens is 3. The molecule has 5 nitrogen and oxygen atoms in total. The number of hydrogen-bond donors (Lipinski definition) is 2. The number of alkyl halides is 2. The summed E-state index contributed by atoms with van der Waals surface area (Å²) in [5.74, 6) is -0.399. The Kier molecular flexibility index (Phi) is 7.53. The molecule has 0 fully saturated rings. The van der Waals surface area contributed by atoms with Gasteiger partial charge < -0.3 is 15.8 Å². The Morgan fingerprint density at radius 2 is 2.00 bits per heavy atom. The number of nitrogens with two attached hydrogens (primary N) is 1. The summed E-state index contributed by atoms with van der Waals surface area (Å²) < 4.78 is 28.6. The van der Waals surface area contributed by atoms with Crippen LogP contribution in [0.15, 0.2) is 24.3 Å². The molecule has 1 aromatic carbocycles. The number of carbonyl (C=O) groups excluding carboxylic acids is 1. The van der Waals surface area contributed by atoms with E-state index in [1.807, 2.05) is 6.92 Å². The average molecular weight is 378 g/mol. The highest BCUT2D eigenvalue weighted by atomic mass is 35.5. The first-order valence-electron chi connectivity index (χ1n) is 6.94. The summed E-state index contributed by atoms with van der Waals surface area (Å²) in [7, 11) is 0. The van der Waals surface area contributed by atoms with Gasteiger partial charge in [0.2, 0.25) is 5.91 Å². The van der Waals surface area contributed by atoms with Crippen molar-refractivity contribution in [2.45, 2.75) is 20.5 Å². The maximum Gasteiger partial charge on any atom is 0.387 e. The average Bonchev–Trinajstić information content (AvgIpc) is 2.87. The van der Waals surface area contributed by atoms with Gasteiger partial charge in [0, 0.05) is 22.9 Å². The SMILES string of the molecule is Cc1sc(NC(=O)C(C)CN)nc1-c1ccc(OC(F)F)cc1.Cl. The van der Waals surface area contributed by atoms with E-state index in [1.165, 1.54) is 23.5 Å². The molecular formula is C15H18ClF2N3O2S. The van der Waals surface area contributed by atoms with Gasteiger partial charge in [-0.3, -0.25) is 4.79 Å². The molecule has 2 rings (SSSR count). The fourth-order valence-corrected chi connectivity index (χ4v) is 2.69. The smallest absolute Gasteiger partial charge is 0.387 e. The summed E-state index contributed by atoms with van der Waals surface area (Å²) in [4.78, 5) is 17.1. The van der Waals surface area contributed by atoms with Crippen molar-refractivity contribution < 1.29 is 18.3 Å². The molecule has 0 bridgehead atoms. The number of ether oxygens (including phenoxy) is 1. The standard InChI is InChI=1S/C15H17F2N3O2S.ClH/c1-8(7-18)13(21)20-15-19-12(9(2)23-15)10-3-5-11(6-4-10)22-14(16)17;/h3-6,8,14H,7,18H2,1-2H3,(H,19,20,21);1H. The minimum Gasteiger partial charge on any atom is -0.435 e. The van der Waals surface area contributed by atoms with Gasteiger partial charge in [-0.2, -0.15) is 8.78 Å². The van der Waals surface area contributed by atoms with Crippen LogP contribution in [0.4, 0.5) is 13.9 Å². The molecule has 1 amide bonds. The Labute approximate surface area is 148 Å². The molecule has 0 spiro atoms. The van der Waals surface area contributed by atoms with Crippen LogP contribution in [0.5, 0.6) is 5.75 Å². The van der Waals surface area contributed by atoms with Gasteiger partial charge in [-0.25, -0.2) is 4.98 Å². The van der Waals surface area contributed by atoms with E-state index in [2.05, 4.69) is 15.0 Å². The Hall–Kier alpha value is -1.77. The molecule has 0 saturated carbocycles. The van der Waals surface area contributed by atoms with E-state index in [4.69, 9.17) is 5.73 Å². The van der Waals surface area contributed by atoms with Crippen LogP contribution in [0.25, 0.3) is 11.3 Å². The predicted octanol–water partition coefficient (Wildman–Crippen LogP) is 3.68. The van der Waals surface area contributed by atoms with Crippen LogP contribution in [-0.2, 0) is 4.79 Å². The molecule has 0 aliphatic carbocycles. The zero-order valence-corrected chi connectivity index (χ0v) is 14.7. The van der Waals surface area contributed by atoms with Crippen LogP contribution in [0.2, 0.25) is 0 Å². The summed E-state index contributed by atoms with van der Waals surface area (Å²) in [6.07, 6.45) is 0. The van der Waals surface area contributed by atoms with Crippen molar-refractivity contribution in [2.75, 3.05) is 11.9 Å². The van der Waals surface area contributed by atoms with E-state index < -0.39 is 6.61 Å². The van der Waals surface area contributed by atoms with Crippen LogP contribution in [-0.4, -0.2) is 24.0 Å². The lowest BCUT2D eigenvalue weighted by molar-refractivity contribution is -0.119. The van der Waals surface area contributed by atoms with Crippen molar-refractivity contribution in [1.82, 2.24) is 4.98 Å². The number of nitrogens with zero attached hydrogens (tertiary/aromatic N) is 1. The van der Waals surface area contributed by atoms with Gasteiger partial charge in [-0.15, -0.1) is 23.7 Å². The van der Waals surface area contributed by atoms with E-state index in [0.29, 0.717) is 10.8 Å². The number of thiazole rings is 1. The summed E-state index contributed by atoms with van der Waals surface area (Å²) in [5.41, 5.74) is 6.90. The Morgan fingerprint density at radius 3 is 2.54 bits per heavy atom. The van der Waals surface area contributed by atoms with E-state index in [-0.39, 0.29) is 36.5 Å². The van der Waals surface area contributed by atoms with Gasteiger partial charge in [-0.05, 0) is 31.2 Å². The molecule has 2 aromatic rings. The summed E-state index contributed by atoms with van der Waals surface area (Å²) >= 11 is 1.35. The van der Waals surface area contributed by atoms with Crippen molar-refractivity contribution in [1.29, 1.82) is 0 Å². The normalized spacial score (nSPS) is 11.8. The van der Waals surface area contributed by atoms with E-state index in [9.17, 15) is 13.6 Å². The maximum absolute atomic E-state index is 12.1. The maximum atomic E-state index is 12.1. The molecular weight excluding hydrogens is 360 g/mol. The third-order valence-corrected chi connectivity index (χ3v) is 4.07. The number of rotatable bonds is 6. The molecule has 24 heavy (non-hydrogen) atoms. The molecule has 0 saturated heterocycles. The first-order chi connectivity index (χ1) is 10.9. The molecule has 0 aliphatic heterocycles. The van der Waals surface area contributed by atoms with Crippen molar-refractivity contribution in [3.8, 4) is 17.0 Å². The van der Waals surface area contributed by atoms with Gasteiger partial charge in [0.25, 0.3) is 0 Å². The van der Waals surface area contributed by atoms with Gasteiger partial charge in [-0.1, -0.05) is 6.92 Å². The summed E-state index contributed by atoms with van der Waals surface area (Å²) in [5, 5.41) is 3.21. The third kappa shape index (κ3) is 5.12. The van der Waals surface area contributed by atoms with Crippen LogP contribution >= 0.6 is 23.7 Å². The quantitative estimate of drug-likeness (QED) is 0.805. The zero-order valence-electron chi connectivity index (χ0n) is 13.1. The number of anilines is 1. The van der Waals surface area contributed by atoms with Gasteiger partial charge >= 0.3 is 6.61 Å². The van der Waals surface area contributed by atoms with Crippen molar-refractivity contribution in [2.24, 2.45) is 11.7 Å². The number of amides is 1. The fourth-order valence-electron chi connectivity index (χ4n) is 1.85. The number of hydrogen-bond acceptors (Lipinski definition) is 5. The second-order valence-corrected chi connectivity index (χ2v) is 6.16. The number of benzene rings is 1. The summed E-state index contributed by atoms with van der Waals surface area (Å²) in [6.45, 7) is 1.01. The Balaban J connectivity index is 0.00000288. The molecule has 132 valence electrons. The van der Waals surface area contributed by atoms with Crippen LogP contribution in [0.3, 0.4) is 0 Å². The molecule has 1 heterocycles. The third-order valence-electron chi connectivity index (χ3n) is 3.18. The first-order valence-corrected chi connectivity index (χ1v) is 7.76. The number of nitrogens with one attached hydrogen (secondary N) is 1.